The molecular weight excluding hydrogens is 343 g/mol. The van der Waals surface area contributed by atoms with Gasteiger partial charge in [-0.25, -0.2) is 19.3 Å². The number of H-pyrrole nitrogens is 1. The highest BCUT2D eigenvalue weighted by Gasteiger charge is 2.19. The summed E-state index contributed by atoms with van der Waals surface area (Å²) in [5, 5.41) is 12.1. The summed E-state index contributed by atoms with van der Waals surface area (Å²) in [7, 11) is 0. The Bertz CT molecular complexity index is 943. The Morgan fingerprint density at radius 1 is 1.24 bits per heavy atom. The van der Waals surface area contributed by atoms with E-state index in [4.69, 9.17) is 17.0 Å². The molecule has 0 aromatic carbocycles. The number of anilines is 1. The van der Waals surface area contributed by atoms with Gasteiger partial charge in [0.05, 0.1) is 11.2 Å². The summed E-state index contributed by atoms with van der Waals surface area (Å²) in [6, 6.07) is 1.90. The lowest BCUT2D eigenvalue weighted by Crippen LogP contribution is -2.26. The summed E-state index contributed by atoms with van der Waals surface area (Å²) in [6.07, 6.45) is 7.57. The van der Waals surface area contributed by atoms with Crippen molar-refractivity contribution in [3.8, 4) is 11.4 Å². The summed E-state index contributed by atoms with van der Waals surface area (Å²) < 4.78 is 14.1. The monoisotopic (exact) mass is 358 g/mol. The van der Waals surface area contributed by atoms with E-state index in [1.165, 1.54) is 6.20 Å². The Morgan fingerprint density at radius 2 is 2.04 bits per heavy atom. The van der Waals surface area contributed by atoms with E-state index in [1.807, 2.05) is 0 Å². The van der Waals surface area contributed by atoms with Gasteiger partial charge in [0.25, 0.3) is 0 Å². The molecule has 8 heteroatoms. The van der Waals surface area contributed by atoms with Gasteiger partial charge in [-0.2, -0.15) is 0 Å². The maximum Gasteiger partial charge on any atom is 0.183 e. The van der Waals surface area contributed by atoms with E-state index in [-0.39, 0.29) is 11.9 Å². The molecule has 1 aliphatic carbocycles. The number of aromatic amines is 1. The quantitative estimate of drug-likeness (QED) is 0.654. The minimum absolute atomic E-state index is 0.116. The summed E-state index contributed by atoms with van der Waals surface area (Å²) in [6.45, 7) is 0. The predicted molar refractivity (Wildman–Crippen MR) is 95.7 cm³/mol. The van der Waals surface area contributed by atoms with Crippen molar-refractivity contribution >= 4 is 34.2 Å². The van der Waals surface area contributed by atoms with Gasteiger partial charge in [0.2, 0.25) is 0 Å². The van der Waals surface area contributed by atoms with Gasteiger partial charge in [-0.3, -0.25) is 0 Å². The Morgan fingerprint density at radius 3 is 2.84 bits per heavy atom. The van der Waals surface area contributed by atoms with Gasteiger partial charge in [-0.15, -0.1) is 0 Å². The number of halogens is 2. The van der Waals surface area contributed by atoms with Crippen LogP contribution in [-0.2, 0) is 0 Å². The van der Waals surface area contributed by atoms with Gasteiger partial charge in [-0.1, -0.05) is 11.6 Å². The molecule has 1 aliphatic rings. The van der Waals surface area contributed by atoms with Crippen LogP contribution in [0.5, 0.6) is 0 Å². The molecule has 1 fully saturated rings. The molecule has 3 aromatic rings. The third-order valence-corrected chi connectivity index (χ3v) is 4.62. The lowest BCUT2D eigenvalue weighted by atomic mass is 9.94. The second kappa shape index (κ2) is 6.40. The second-order valence-corrected chi connectivity index (χ2v) is 6.60. The Labute approximate surface area is 148 Å². The minimum Gasteiger partial charge on any atom is -0.365 e. The van der Waals surface area contributed by atoms with Crippen LogP contribution in [-0.4, -0.2) is 31.7 Å². The van der Waals surface area contributed by atoms with Crippen molar-refractivity contribution < 1.29 is 4.39 Å². The predicted octanol–water partition coefficient (Wildman–Crippen LogP) is 4.19. The molecule has 4 rings (SSSR count). The Balaban J connectivity index is 1.66. The van der Waals surface area contributed by atoms with Crippen LogP contribution in [0.4, 0.5) is 10.2 Å². The van der Waals surface area contributed by atoms with Crippen LogP contribution in [0.25, 0.3) is 22.4 Å². The molecule has 0 unspecified atom stereocenters. The zero-order chi connectivity index (χ0) is 17.4. The number of pyridine rings is 1. The maximum absolute atomic E-state index is 14.1. The minimum atomic E-state index is -0.486. The van der Waals surface area contributed by atoms with Crippen LogP contribution in [0.15, 0.2) is 24.7 Å². The van der Waals surface area contributed by atoms with E-state index >= 15 is 0 Å². The third-order valence-electron chi connectivity index (χ3n) is 4.41. The number of rotatable bonds is 3. The number of hydrogen-bond donors (Lipinski definition) is 3. The lowest BCUT2D eigenvalue weighted by molar-refractivity contribution is 0.571. The summed E-state index contributed by atoms with van der Waals surface area (Å²) >= 11 is 6.03. The van der Waals surface area contributed by atoms with Crippen molar-refractivity contribution in [1.82, 2.24) is 19.9 Å². The largest absolute Gasteiger partial charge is 0.365 e. The summed E-state index contributed by atoms with van der Waals surface area (Å²) in [5.41, 5.74) is 2.15. The molecule has 0 atom stereocenters. The molecule has 0 amide bonds. The van der Waals surface area contributed by atoms with Crippen LogP contribution >= 0.6 is 11.6 Å². The first-order valence-electron chi connectivity index (χ1n) is 8.08. The molecule has 0 radical (unpaired) electrons. The first-order valence-corrected chi connectivity index (χ1v) is 8.46. The third kappa shape index (κ3) is 3.19. The molecule has 0 bridgehead atoms. The van der Waals surface area contributed by atoms with Crippen molar-refractivity contribution in [3.05, 3.63) is 35.5 Å². The van der Waals surface area contributed by atoms with Crippen molar-refractivity contribution in [3.63, 3.8) is 0 Å². The molecule has 25 heavy (non-hydrogen) atoms. The van der Waals surface area contributed by atoms with Gasteiger partial charge < -0.3 is 15.7 Å². The first-order chi connectivity index (χ1) is 12.1. The number of nitrogens with one attached hydrogen (secondary N) is 3. The van der Waals surface area contributed by atoms with E-state index in [0.717, 1.165) is 42.3 Å². The fourth-order valence-electron chi connectivity index (χ4n) is 3.06. The molecule has 3 aromatic heterocycles. The van der Waals surface area contributed by atoms with E-state index in [2.05, 4.69) is 25.3 Å². The molecule has 128 valence electrons. The highest BCUT2D eigenvalue weighted by molar-refractivity contribution is 6.31. The SMILES string of the molecule is N=C1CCC(Nc2nc(-c3c[nH]c4ncc(Cl)cc34)ncc2F)CC1. The van der Waals surface area contributed by atoms with Gasteiger partial charge >= 0.3 is 0 Å². The van der Waals surface area contributed by atoms with Crippen LogP contribution in [0.1, 0.15) is 25.7 Å². The van der Waals surface area contributed by atoms with E-state index in [9.17, 15) is 4.39 Å². The fraction of sp³-hybridized carbons (Fsp3) is 0.294. The van der Waals surface area contributed by atoms with Gasteiger partial charge in [0.1, 0.15) is 5.65 Å². The highest BCUT2D eigenvalue weighted by atomic mass is 35.5. The van der Waals surface area contributed by atoms with Crippen molar-refractivity contribution in [2.24, 2.45) is 0 Å². The first kappa shape index (κ1) is 16.0. The van der Waals surface area contributed by atoms with E-state index in [0.29, 0.717) is 16.5 Å². The molecule has 1 saturated carbocycles. The molecule has 0 saturated heterocycles. The number of fused-ring (bicyclic) bond motifs is 1. The lowest BCUT2D eigenvalue weighted by Gasteiger charge is -2.24. The fourth-order valence-corrected chi connectivity index (χ4v) is 3.22. The van der Waals surface area contributed by atoms with Crippen LogP contribution in [0.2, 0.25) is 5.02 Å². The van der Waals surface area contributed by atoms with Gasteiger partial charge in [0, 0.05) is 35.1 Å². The molecular formula is C17H16ClFN6. The average molecular weight is 359 g/mol. The van der Waals surface area contributed by atoms with Crippen LogP contribution in [0.3, 0.4) is 0 Å². The second-order valence-electron chi connectivity index (χ2n) is 6.16. The molecule has 6 nitrogen and oxygen atoms in total. The van der Waals surface area contributed by atoms with Crippen molar-refractivity contribution in [2.45, 2.75) is 31.7 Å². The zero-order valence-electron chi connectivity index (χ0n) is 13.3. The molecule has 3 heterocycles. The summed E-state index contributed by atoms with van der Waals surface area (Å²) in [4.78, 5) is 15.7. The molecule has 0 aliphatic heterocycles. The standard InChI is InChI=1S/C17H16ClFN6/c18-9-5-12-13(7-22-15(12)21-6-9)16-23-8-14(19)17(25-16)24-11-3-1-10(20)2-4-11/h5-8,11,20H,1-4H2,(H,21,22)(H,23,24,25). The zero-order valence-corrected chi connectivity index (χ0v) is 14.1. The number of aromatic nitrogens is 4. The Kier molecular flexibility index (Phi) is 4.09. The maximum atomic E-state index is 14.1. The van der Waals surface area contributed by atoms with Crippen molar-refractivity contribution in [2.75, 3.05) is 5.32 Å². The molecule has 0 spiro atoms. The normalized spacial score (nSPS) is 17.8. The smallest absolute Gasteiger partial charge is 0.183 e. The number of hydrogen-bond acceptors (Lipinski definition) is 5. The molecule has 3 N–H and O–H groups in total. The summed E-state index contributed by atoms with van der Waals surface area (Å²) in [5.74, 6) is 0.107. The van der Waals surface area contributed by atoms with Crippen molar-refractivity contribution in [1.29, 1.82) is 5.41 Å². The van der Waals surface area contributed by atoms with Crippen LogP contribution < -0.4 is 5.32 Å². The Hall–Kier alpha value is -2.54. The van der Waals surface area contributed by atoms with E-state index in [1.54, 1.807) is 18.5 Å². The van der Waals surface area contributed by atoms with Gasteiger partial charge in [0.15, 0.2) is 17.5 Å². The average Bonchev–Trinajstić information content (AvgIpc) is 3.02. The highest BCUT2D eigenvalue weighted by Crippen LogP contribution is 2.28. The van der Waals surface area contributed by atoms with Gasteiger partial charge in [-0.05, 0) is 31.7 Å². The number of nitrogens with zero attached hydrogens (tertiary/aromatic N) is 3. The van der Waals surface area contributed by atoms with Crippen LogP contribution in [0, 0.1) is 11.2 Å². The van der Waals surface area contributed by atoms with E-state index < -0.39 is 5.82 Å². The topological polar surface area (TPSA) is 90.3 Å².